The van der Waals surface area contributed by atoms with Crippen molar-refractivity contribution in [1.29, 1.82) is 0 Å². The van der Waals surface area contributed by atoms with Crippen LogP contribution in [-0.4, -0.2) is 29.5 Å². The number of hydrogen-bond donors (Lipinski definition) is 0. The van der Waals surface area contributed by atoms with Gasteiger partial charge in [-0.3, -0.25) is 0 Å². The zero-order valence-electron chi connectivity index (χ0n) is 10.8. The lowest BCUT2D eigenvalue weighted by molar-refractivity contribution is -0.148. The topological polar surface area (TPSA) is 61.4 Å². The number of aromatic nitrogens is 6. The van der Waals surface area contributed by atoms with E-state index in [1.165, 1.54) is 0 Å². The van der Waals surface area contributed by atoms with Gasteiger partial charge in [0.15, 0.2) is 0 Å². The molecule has 0 bridgehead atoms. The van der Waals surface area contributed by atoms with Gasteiger partial charge in [0.1, 0.15) is 0 Å². The summed E-state index contributed by atoms with van der Waals surface area (Å²) < 4.78 is 76.6. The Kier molecular flexibility index (Phi) is 4.34. The van der Waals surface area contributed by atoms with Crippen LogP contribution in [0.3, 0.4) is 0 Å². The van der Waals surface area contributed by atoms with Crippen molar-refractivity contribution in [2.45, 2.75) is 22.7 Å². The molecule has 0 spiro atoms. The lowest BCUT2D eigenvalue weighted by Crippen LogP contribution is -2.13. The average molecular weight is 364 g/mol. The number of rotatable bonds is 3. The highest BCUT2D eigenvalue weighted by molar-refractivity contribution is 8.76. The van der Waals surface area contributed by atoms with E-state index in [9.17, 15) is 26.3 Å². The Hall–Kier alpha value is -1.44. The maximum absolute atomic E-state index is 12.5. The predicted octanol–water partition coefficient (Wildman–Crippen LogP) is 2.78. The molecule has 6 nitrogen and oxygen atoms in total. The largest absolute Gasteiger partial charge is 0.451 e. The van der Waals surface area contributed by atoms with Gasteiger partial charge >= 0.3 is 12.4 Å². The SMILES string of the molecule is Cn1c(SSc2nnc(C(F)(F)F)n2C)nnc1C(F)(F)F. The molecule has 14 heteroatoms. The zero-order valence-corrected chi connectivity index (χ0v) is 12.4. The van der Waals surface area contributed by atoms with E-state index in [2.05, 4.69) is 20.4 Å². The summed E-state index contributed by atoms with van der Waals surface area (Å²) in [4.78, 5) is 0. The lowest BCUT2D eigenvalue weighted by Gasteiger charge is -2.06. The van der Waals surface area contributed by atoms with Gasteiger partial charge in [0.2, 0.25) is 22.0 Å². The first kappa shape index (κ1) is 16.9. The molecule has 0 N–H and O–H groups in total. The fourth-order valence-corrected chi connectivity index (χ4v) is 3.36. The highest BCUT2D eigenvalue weighted by Crippen LogP contribution is 2.38. The third-order valence-electron chi connectivity index (χ3n) is 2.37. The second kappa shape index (κ2) is 5.64. The Balaban J connectivity index is 2.15. The first-order chi connectivity index (χ1) is 10.0. The minimum absolute atomic E-state index is 0.131. The van der Waals surface area contributed by atoms with Crippen LogP contribution in [0.5, 0.6) is 0 Å². The maximum atomic E-state index is 12.5. The third-order valence-corrected chi connectivity index (χ3v) is 4.60. The van der Waals surface area contributed by atoms with Crippen molar-refractivity contribution in [3.8, 4) is 0 Å². The fourth-order valence-electron chi connectivity index (χ4n) is 1.34. The average Bonchev–Trinajstić information content (AvgIpc) is 2.89. The molecule has 0 aliphatic heterocycles. The van der Waals surface area contributed by atoms with Crippen LogP contribution in [0.4, 0.5) is 26.3 Å². The number of hydrogen-bond acceptors (Lipinski definition) is 6. The van der Waals surface area contributed by atoms with Crippen LogP contribution in [0.2, 0.25) is 0 Å². The highest BCUT2D eigenvalue weighted by Gasteiger charge is 2.39. The molecule has 0 saturated carbocycles. The van der Waals surface area contributed by atoms with E-state index in [0.717, 1.165) is 14.1 Å². The molecule has 2 rings (SSSR count). The molecule has 0 aromatic carbocycles. The molecule has 22 heavy (non-hydrogen) atoms. The van der Waals surface area contributed by atoms with Gasteiger partial charge in [-0.1, -0.05) is 0 Å². The first-order valence-corrected chi connectivity index (χ1v) is 7.44. The van der Waals surface area contributed by atoms with Gasteiger partial charge in [-0.05, 0) is 21.6 Å². The van der Waals surface area contributed by atoms with Crippen molar-refractivity contribution in [2.75, 3.05) is 0 Å². The summed E-state index contributed by atoms with van der Waals surface area (Å²) in [7, 11) is 3.58. The number of nitrogens with zero attached hydrogens (tertiary/aromatic N) is 6. The summed E-state index contributed by atoms with van der Waals surface area (Å²) in [5, 5.41) is 12.4. The van der Waals surface area contributed by atoms with Crippen molar-refractivity contribution in [3.63, 3.8) is 0 Å². The van der Waals surface area contributed by atoms with Gasteiger partial charge in [-0.15, -0.1) is 20.4 Å². The molecule has 0 amide bonds. The van der Waals surface area contributed by atoms with Crippen molar-refractivity contribution in [3.05, 3.63) is 11.6 Å². The lowest BCUT2D eigenvalue weighted by atomic mass is 10.6. The van der Waals surface area contributed by atoms with Crippen LogP contribution < -0.4 is 0 Å². The van der Waals surface area contributed by atoms with E-state index in [0.29, 0.717) is 30.7 Å². The molecular weight excluding hydrogens is 358 g/mol. The fraction of sp³-hybridized carbons (Fsp3) is 0.500. The van der Waals surface area contributed by atoms with Crippen LogP contribution >= 0.6 is 21.6 Å². The molecule has 2 heterocycles. The number of alkyl halides is 6. The normalized spacial score (nSPS) is 12.9. The van der Waals surface area contributed by atoms with Crippen LogP contribution in [0.1, 0.15) is 11.6 Å². The second-order valence-electron chi connectivity index (χ2n) is 3.89. The summed E-state index contributed by atoms with van der Waals surface area (Å²) >= 11 is 0. The molecule has 2 aromatic rings. The standard InChI is InChI=1S/C8H6F6N6S2/c1-19-3(7(9,10)11)15-17-5(19)21-22-6-18-16-4(20(6)2)8(12,13)14/h1-2H3. The molecule has 0 aliphatic carbocycles. The monoisotopic (exact) mass is 364 g/mol. The van der Waals surface area contributed by atoms with E-state index in [1.54, 1.807) is 0 Å². The van der Waals surface area contributed by atoms with Crippen LogP contribution in [0.25, 0.3) is 0 Å². The Labute approximate surface area is 126 Å². The van der Waals surface area contributed by atoms with E-state index in [1.807, 2.05) is 0 Å². The van der Waals surface area contributed by atoms with Crippen LogP contribution in [-0.2, 0) is 26.4 Å². The molecule has 122 valence electrons. The van der Waals surface area contributed by atoms with Crippen molar-refractivity contribution >= 4 is 21.6 Å². The maximum Gasteiger partial charge on any atom is 0.451 e. The Morgan fingerprint density at radius 2 is 1.00 bits per heavy atom. The minimum Gasteiger partial charge on any atom is -0.301 e. The van der Waals surface area contributed by atoms with E-state index >= 15 is 0 Å². The number of halogens is 6. The van der Waals surface area contributed by atoms with E-state index in [-0.39, 0.29) is 10.3 Å². The van der Waals surface area contributed by atoms with Gasteiger partial charge in [-0.2, -0.15) is 26.3 Å². The summed E-state index contributed by atoms with van der Waals surface area (Å²) in [6.45, 7) is 0. The molecule has 0 aliphatic rings. The molecule has 0 atom stereocenters. The molecular formula is C8H6F6N6S2. The Bertz CT molecular complexity index is 615. The third kappa shape index (κ3) is 3.31. The molecule has 0 fully saturated rings. The van der Waals surface area contributed by atoms with Gasteiger partial charge in [0.05, 0.1) is 0 Å². The smallest absolute Gasteiger partial charge is 0.301 e. The summed E-state index contributed by atoms with van der Waals surface area (Å²) in [6.07, 6.45) is -9.33. The molecule has 2 aromatic heterocycles. The second-order valence-corrected chi connectivity index (χ2v) is 5.96. The summed E-state index contributed by atoms with van der Waals surface area (Å²) in [5.41, 5.74) is 0. The van der Waals surface area contributed by atoms with E-state index < -0.39 is 24.0 Å². The zero-order chi connectivity index (χ0) is 16.7. The van der Waals surface area contributed by atoms with Gasteiger partial charge in [0, 0.05) is 14.1 Å². The van der Waals surface area contributed by atoms with Gasteiger partial charge in [-0.25, -0.2) is 0 Å². The molecule has 0 radical (unpaired) electrons. The summed E-state index contributed by atoms with van der Waals surface area (Å²) in [5.74, 6) is -2.41. The van der Waals surface area contributed by atoms with Crippen LogP contribution in [0, 0.1) is 0 Å². The summed E-state index contributed by atoms with van der Waals surface area (Å²) in [6, 6.07) is 0. The van der Waals surface area contributed by atoms with Crippen molar-refractivity contribution in [2.24, 2.45) is 14.1 Å². The first-order valence-electron chi connectivity index (χ1n) is 5.29. The molecule has 0 unspecified atom stereocenters. The predicted molar refractivity (Wildman–Crippen MR) is 63.7 cm³/mol. The highest BCUT2D eigenvalue weighted by atomic mass is 33.1. The van der Waals surface area contributed by atoms with Crippen molar-refractivity contribution in [1.82, 2.24) is 29.5 Å². The molecule has 0 saturated heterocycles. The van der Waals surface area contributed by atoms with E-state index in [4.69, 9.17) is 0 Å². The Morgan fingerprint density at radius 3 is 1.23 bits per heavy atom. The minimum atomic E-state index is -4.67. The quantitative estimate of drug-likeness (QED) is 0.617. The van der Waals surface area contributed by atoms with Gasteiger partial charge in [0.25, 0.3) is 0 Å². The van der Waals surface area contributed by atoms with Crippen molar-refractivity contribution < 1.29 is 26.3 Å². The Morgan fingerprint density at radius 1 is 0.682 bits per heavy atom. The van der Waals surface area contributed by atoms with Gasteiger partial charge < -0.3 is 9.13 Å². The van der Waals surface area contributed by atoms with Crippen LogP contribution in [0.15, 0.2) is 10.3 Å².